The number of hydrogen-bond donors (Lipinski definition) is 2. The lowest BCUT2D eigenvalue weighted by Gasteiger charge is -2.10. The van der Waals surface area contributed by atoms with Gasteiger partial charge in [-0.1, -0.05) is 13.8 Å². The summed E-state index contributed by atoms with van der Waals surface area (Å²) in [5.74, 6) is 0.0277. The molecule has 0 heterocycles. The zero-order chi connectivity index (χ0) is 15.3. The lowest BCUT2D eigenvalue weighted by Crippen LogP contribution is -2.30. The molecule has 1 rings (SSSR count). The third-order valence-electron chi connectivity index (χ3n) is 2.53. The molecule has 0 radical (unpaired) electrons. The van der Waals surface area contributed by atoms with Crippen molar-refractivity contribution in [3.05, 3.63) is 29.8 Å². The SMILES string of the molecule is CC(C)CNS(=O)(=O)c1ccc(C(=O)NC(C)C)cc1. The van der Waals surface area contributed by atoms with Crippen molar-refractivity contribution in [1.82, 2.24) is 10.0 Å². The van der Waals surface area contributed by atoms with Crippen molar-refractivity contribution >= 4 is 15.9 Å². The monoisotopic (exact) mass is 298 g/mol. The first-order valence-corrected chi connectivity index (χ1v) is 8.11. The summed E-state index contributed by atoms with van der Waals surface area (Å²) < 4.78 is 26.5. The van der Waals surface area contributed by atoms with Crippen molar-refractivity contribution in [2.45, 2.75) is 38.6 Å². The van der Waals surface area contributed by atoms with Gasteiger partial charge in [0.25, 0.3) is 5.91 Å². The van der Waals surface area contributed by atoms with Crippen LogP contribution in [0.4, 0.5) is 0 Å². The van der Waals surface area contributed by atoms with Crippen LogP contribution in [0.15, 0.2) is 29.2 Å². The van der Waals surface area contributed by atoms with E-state index in [1.54, 1.807) is 0 Å². The molecule has 5 nitrogen and oxygen atoms in total. The standard InChI is InChI=1S/C14H22N2O3S/c1-10(2)9-15-20(18,19)13-7-5-12(6-8-13)14(17)16-11(3)4/h5-8,10-11,15H,9H2,1-4H3,(H,16,17). The molecular weight excluding hydrogens is 276 g/mol. The van der Waals surface area contributed by atoms with E-state index in [0.717, 1.165) is 0 Å². The number of hydrogen-bond acceptors (Lipinski definition) is 3. The van der Waals surface area contributed by atoms with E-state index in [0.29, 0.717) is 12.1 Å². The van der Waals surface area contributed by atoms with E-state index in [1.807, 2.05) is 27.7 Å². The number of benzene rings is 1. The van der Waals surface area contributed by atoms with E-state index in [2.05, 4.69) is 10.0 Å². The Morgan fingerprint density at radius 1 is 1.10 bits per heavy atom. The van der Waals surface area contributed by atoms with E-state index in [1.165, 1.54) is 24.3 Å². The Labute approximate surface area is 120 Å². The van der Waals surface area contributed by atoms with Crippen molar-refractivity contribution in [2.24, 2.45) is 5.92 Å². The number of carbonyl (C=O) groups excluding carboxylic acids is 1. The van der Waals surface area contributed by atoms with Gasteiger partial charge in [0, 0.05) is 18.2 Å². The zero-order valence-corrected chi connectivity index (χ0v) is 13.1. The van der Waals surface area contributed by atoms with Crippen molar-refractivity contribution in [3.8, 4) is 0 Å². The van der Waals surface area contributed by atoms with Crippen LogP contribution in [0.3, 0.4) is 0 Å². The minimum atomic E-state index is -3.50. The van der Waals surface area contributed by atoms with Gasteiger partial charge in [-0.25, -0.2) is 13.1 Å². The van der Waals surface area contributed by atoms with E-state index < -0.39 is 10.0 Å². The van der Waals surface area contributed by atoms with Gasteiger partial charge >= 0.3 is 0 Å². The predicted molar refractivity (Wildman–Crippen MR) is 79.1 cm³/mol. The van der Waals surface area contributed by atoms with Crippen molar-refractivity contribution in [2.75, 3.05) is 6.54 Å². The second-order valence-corrected chi connectivity index (χ2v) is 7.17. The highest BCUT2D eigenvalue weighted by Gasteiger charge is 2.15. The summed E-state index contributed by atoms with van der Waals surface area (Å²) in [5, 5.41) is 2.75. The first kappa shape index (κ1) is 16.7. The third kappa shape index (κ3) is 4.94. The molecule has 1 aromatic carbocycles. The van der Waals surface area contributed by atoms with Crippen molar-refractivity contribution in [3.63, 3.8) is 0 Å². The fraction of sp³-hybridized carbons (Fsp3) is 0.500. The molecule has 0 unspecified atom stereocenters. The third-order valence-corrected chi connectivity index (χ3v) is 3.97. The van der Waals surface area contributed by atoms with Crippen LogP contribution in [0.5, 0.6) is 0 Å². The molecule has 0 bridgehead atoms. The van der Waals surface area contributed by atoms with Gasteiger partial charge in [0.15, 0.2) is 0 Å². The predicted octanol–water partition coefficient (Wildman–Crippen LogP) is 1.76. The highest BCUT2D eigenvalue weighted by molar-refractivity contribution is 7.89. The molecule has 0 aliphatic carbocycles. The topological polar surface area (TPSA) is 75.3 Å². The van der Waals surface area contributed by atoms with Crippen LogP contribution in [-0.2, 0) is 10.0 Å². The molecule has 0 atom stereocenters. The minimum absolute atomic E-state index is 0.0404. The maximum atomic E-state index is 12.0. The van der Waals surface area contributed by atoms with Gasteiger partial charge in [-0.15, -0.1) is 0 Å². The van der Waals surface area contributed by atoms with Crippen molar-refractivity contribution in [1.29, 1.82) is 0 Å². The molecule has 0 aliphatic heterocycles. The highest BCUT2D eigenvalue weighted by atomic mass is 32.2. The fourth-order valence-corrected chi connectivity index (χ4v) is 2.70. The second kappa shape index (κ2) is 6.85. The highest BCUT2D eigenvalue weighted by Crippen LogP contribution is 2.11. The molecule has 0 aliphatic rings. The number of nitrogens with one attached hydrogen (secondary N) is 2. The van der Waals surface area contributed by atoms with E-state index in [9.17, 15) is 13.2 Å². The molecular formula is C14H22N2O3S. The fourth-order valence-electron chi connectivity index (χ4n) is 1.49. The van der Waals surface area contributed by atoms with Gasteiger partial charge in [0.1, 0.15) is 0 Å². The maximum Gasteiger partial charge on any atom is 0.251 e. The van der Waals surface area contributed by atoms with Crippen LogP contribution >= 0.6 is 0 Å². The van der Waals surface area contributed by atoms with Gasteiger partial charge in [-0.05, 0) is 44.0 Å². The van der Waals surface area contributed by atoms with Crippen LogP contribution in [0.1, 0.15) is 38.1 Å². The zero-order valence-electron chi connectivity index (χ0n) is 12.3. The van der Waals surface area contributed by atoms with Gasteiger partial charge in [0.2, 0.25) is 10.0 Å². The summed E-state index contributed by atoms with van der Waals surface area (Å²) in [5.41, 5.74) is 0.446. The number of carbonyl (C=O) groups is 1. The Balaban J connectivity index is 2.83. The normalized spacial score (nSPS) is 11.9. The Morgan fingerprint density at radius 3 is 2.10 bits per heavy atom. The van der Waals surface area contributed by atoms with Crippen LogP contribution in [-0.4, -0.2) is 26.9 Å². The molecule has 6 heteroatoms. The van der Waals surface area contributed by atoms with E-state index in [-0.39, 0.29) is 22.8 Å². The Morgan fingerprint density at radius 2 is 1.65 bits per heavy atom. The Hall–Kier alpha value is -1.40. The van der Waals surface area contributed by atoms with Gasteiger partial charge in [0.05, 0.1) is 4.90 Å². The van der Waals surface area contributed by atoms with Crippen LogP contribution in [0.25, 0.3) is 0 Å². The lowest BCUT2D eigenvalue weighted by molar-refractivity contribution is 0.0943. The quantitative estimate of drug-likeness (QED) is 0.840. The van der Waals surface area contributed by atoms with E-state index >= 15 is 0 Å². The summed E-state index contributed by atoms with van der Waals surface area (Å²) in [4.78, 5) is 11.9. The first-order chi connectivity index (χ1) is 9.22. The summed E-state index contributed by atoms with van der Waals surface area (Å²) >= 11 is 0. The maximum absolute atomic E-state index is 12.0. The van der Waals surface area contributed by atoms with Crippen LogP contribution in [0.2, 0.25) is 0 Å². The van der Waals surface area contributed by atoms with Crippen LogP contribution < -0.4 is 10.0 Å². The van der Waals surface area contributed by atoms with Crippen molar-refractivity contribution < 1.29 is 13.2 Å². The molecule has 20 heavy (non-hydrogen) atoms. The summed E-state index contributed by atoms with van der Waals surface area (Å²) in [7, 11) is -3.50. The second-order valence-electron chi connectivity index (χ2n) is 5.40. The van der Waals surface area contributed by atoms with Gasteiger partial charge in [-0.3, -0.25) is 4.79 Å². The molecule has 2 N–H and O–H groups in total. The first-order valence-electron chi connectivity index (χ1n) is 6.63. The Kier molecular flexibility index (Phi) is 5.71. The largest absolute Gasteiger partial charge is 0.350 e. The summed E-state index contributed by atoms with van der Waals surface area (Å²) in [6, 6.07) is 5.96. The molecule has 0 saturated carbocycles. The Bertz CT molecular complexity index is 548. The smallest absolute Gasteiger partial charge is 0.251 e. The average Bonchev–Trinajstić information content (AvgIpc) is 2.36. The molecule has 0 aromatic heterocycles. The minimum Gasteiger partial charge on any atom is -0.350 e. The molecule has 0 spiro atoms. The average molecular weight is 298 g/mol. The molecule has 1 amide bonds. The van der Waals surface area contributed by atoms with E-state index in [4.69, 9.17) is 0 Å². The number of rotatable bonds is 6. The molecule has 0 fully saturated rings. The summed E-state index contributed by atoms with van der Waals surface area (Å²) in [6.07, 6.45) is 0. The number of amides is 1. The molecule has 112 valence electrons. The lowest BCUT2D eigenvalue weighted by atomic mass is 10.2. The number of sulfonamides is 1. The molecule has 0 saturated heterocycles. The van der Waals surface area contributed by atoms with Crippen LogP contribution in [0, 0.1) is 5.92 Å². The van der Waals surface area contributed by atoms with Gasteiger partial charge < -0.3 is 5.32 Å². The van der Waals surface area contributed by atoms with Gasteiger partial charge in [-0.2, -0.15) is 0 Å². The molecule has 1 aromatic rings. The summed E-state index contributed by atoms with van der Waals surface area (Å²) in [6.45, 7) is 7.99.